The molecule has 0 bridgehead atoms. The van der Waals surface area contributed by atoms with Crippen molar-refractivity contribution in [3.05, 3.63) is 53.5 Å². The van der Waals surface area contributed by atoms with E-state index in [1.54, 1.807) is 6.20 Å². The molecule has 2 aromatic heterocycles. The van der Waals surface area contributed by atoms with E-state index in [1.807, 2.05) is 51.2 Å². The number of hydrogen-bond acceptors (Lipinski definition) is 5. The van der Waals surface area contributed by atoms with Crippen molar-refractivity contribution in [1.82, 2.24) is 20.6 Å². The van der Waals surface area contributed by atoms with Gasteiger partial charge in [-0.3, -0.25) is 10.3 Å². The summed E-state index contributed by atoms with van der Waals surface area (Å²) in [6, 6.07) is 7.53. The van der Waals surface area contributed by atoms with Gasteiger partial charge in [0.15, 0.2) is 0 Å². The van der Waals surface area contributed by atoms with Crippen molar-refractivity contribution in [2.24, 2.45) is 0 Å². The van der Waals surface area contributed by atoms with E-state index in [1.165, 1.54) is 7.11 Å². The minimum absolute atomic E-state index is 0.294. The zero-order valence-electron chi connectivity index (χ0n) is 17.5. The summed E-state index contributed by atoms with van der Waals surface area (Å²) < 4.78 is 4.66. The number of hydrogen-bond donors (Lipinski definition) is 3. The molecule has 0 aliphatic rings. The predicted octanol–water partition coefficient (Wildman–Crippen LogP) is 3.91. The highest BCUT2D eigenvalue weighted by Gasteiger charge is 2.13. The lowest BCUT2D eigenvalue weighted by Crippen LogP contribution is -2.28. The van der Waals surface area contributed by atoms with Gasteiger partial charge >= 0.3 is 12.1 Å². The lowest BCUT2D eigenvalue weighted by atomic mass is 9.94. The van der Waals surface area contributed by atoms with E-state index in [0.717, 1.165) is 38.7 Å². The van der Waals surface area contributed by atoms with Crippen molar-refractivity contribution >= 4 is 28.7 Å². The molecular weight excluding hydrogens is 382 g/mol. The number of aryl methyl sites for hydroxylation is 2. The maximum absolute atomic E-state index is 11.9. The topological polar surface area (TPSA) is 105 Å². The fourth-order valence-corrected chi connectivity index (χ4v) is 3.23. The number of pyridine rings is 2. The SMILES string of the molecule is CCNC(=O)Nc1cc2c(-c3cc(C)ncc3C)ccc(CNC(=O)OC)c2cn1. The van der Waals surface area contributed by atoms with Gasteiger partial charge in [-0.05, 0) is 60.5 Å². The molecule has 2 heterocycles. The first-order valence-corrected chi connectivity index (χ1v) is 9.64. The second-order valence-electron chi connectivity index (χ2n) is 6.86. The van der Waals surface area contributed by atoms with E-state index in [2.05, 4.69) is 30.7 Å². The number of nitrogens with zero attached hydrogens (tertiary/aromatic N) is 2. The summed E-state index contributed by atoms with van der Waals surface area (Å²) in [5, 5.41) is 9.94. The van der Waals surface area contributed by atoms with Crippen molar-refractivity contribution in [2.45, 2.75) is 27.3 Å². The summed E-state index contributed by atoms with van der Waals surface area (Å²) in [5.41, 5.74) is 4.89. The van der Waals surface area contributed by atoms with Crippen LogP contribution in [0.4, 0.5) is 15.4 Å². The standard InChI is InChI=1S/C22H25N5O3/c1-5-23-21(28)27-20-9-18-16(17-8-14(3)24-10-13(17)2)7-6-15(19(18)12-25-20)11-26-22(29)30-4/h6-10,12H,5,11H2,1-4H3,(H,26,29)(H2,23,25,27,28). The van der Waals surface area contributed by atoms with Gasteiger partial charge in [0, 0.05) is 36.6 Å². The molecule has 3 amide bonds. The van der Waals surface area contributed by atoms with Crippen molar-refractivity contribution in [2.75, 3.05) is 19.0 Å². The summed E-state index contributed by atoms with van der Waals surface area (Å²) in [4.78, 5) is 32.2. The maximum atomic E-state index is 11.9. The fraction of sp³-hybridized carbons (Fsp3) is 0.273. The second-order valence-corrected chi connectivity index (χ2v) is 6.86. The Morgan fingerprint density at radius 3 is 2.53 bits per heavy atom. The van der Waals surface area contributed by atoms with Crippen molar-refractivity contribution in [1.29, 1.82) is 0 Å². The molecule has 8 heteroatoms. The van der Waals surface area contributed by atoms with Crippen LogP contribution in [0.15, 0.2) is 36.7 Å². The van der Waals surface area contributed by atoms with Crippen LogP contribution in [0.3, 0.4) is 0 Å². The lowest BCUT2D eigenvalue weighted by Gasteiger charge is -2.15. The van der Waals surface area contributed by atoms with Gasteiger partial charge in [-0.15, -0.1) is 0 Å². The number of carbonyl (C=O) groups excluding carboxylic acids is 2. The van der Waals surface area contributed by atoms with Gasteiger partial charge in [-0.1, -0.05) is 12.1 Å². The Kier molecular flexibility index (Phi) is 6.46. The van der Waals surface area contributed by atoms with Crippen molar-refractivity contribution < 1.29 is 14.3 Å². The monoisotopic (exact) mass is 407 g/mol. The molecule has 156 valence electrons. The van der Waals surface area contributed by atoms with E-state index in [9.17, 15) is 9.59 Å². The molecule has 0 radical (unpaired) electrons. The third kappa shape index (κ3) is 4.65. The summed E-state index contributed by atoms with van der Waals surface area (Å²) in [6.07, 6.45) is 3.05. The number of nitrogens with one attached hydrogen (secondary N) is 3. The number of urea groups is 1. The van der Waals surface area contributed by atoms with Gasteiger partial charge in [0.25, 0.3) is 0 Å². The molecule has 3 aromatic rings. The number of benzene rings is 1. The molecule has 3 rings (SSSR count). The number of carbonyl (C=O) groups is 2. The van der Waals surface area contributed by atoms with Crippen LogP contribution in [0, 0.1) is 13.8 Å². The van der Waals surface area contributed by atoms with Crippen LogP contribution < -0.4 is 16.0 Å². The average Bonchev–Trinajstić information content (AvgIpc) is 2.73. The van der Waals surface area contributed by atoms with Gasteiger partial charge in [0.05, 0.1) is 7.11 Å². The third-order valence-electron chi connectivity index (χ3n) is 4.71. The molecule has 8 nitrogen and oxygen atoms in total. The van der Waals surface area contributed by atoms with Crippen molar-refractivity contribution in [3.63, 3.8) is 0 Å². The number of fused-ring (bicyclic) bond motifs is 1. The Morgan fingerprint density at radius 2 is 1.80 bits per heavy atom. The highest BCUT2D eigenvalue weighted by molar-refractivity contribution is 6.01. The van der Waals surface area contributed by atoms with Gasteiger partial charge in [-0.2, -0.15) is 0 Å². The molecule has 0 atom stereocenters. The largest absolute Gasteiger partial charge is 0.453 e. The van der Waals surface area contributed by atoms with Crippen LogP contribution in [0.25, 0.3) is 21.9 Å². The van der Waals surface area contributed by atoms with Crippen LogP contribution >= 0.6 is 0 Å². The summed E-state index contributed by atoms with van der Waals surface area (Å²) in [6.45, 7) is 6.62. The Balaban J connectivity index is 2.13. The quantitative estimate of drug-likeness (QED) is 0.595. The number of amides is 3. The highest BCUT2D eigenvalue weighted by atomic mass is 16.5. The van der Waals surface area contributed by atoms with Crippen LogP contribution in [0.1, 0.15) is 23.7 Å². The van der Waals surface area contributed by atoms with E-state index in [4.69, 9.17) is 0 Å². The Morgan fingerprint density at radius 1 is 1.00 bits per heavy atom. The molecule has 0 unspecified atom stereocenters. The molecule has 30 heavy (non-hydrogen) atoms. The van der Waals surface area contributed by atoms with E-state index < -0.39 is 6.09 Å². The number of aromatic nitrogens is 2. The van der Waals surface area contributed by atoms with Gasteiger partial charge in [0.2, 0.25) is 0 Å². The van der Waals surface area contributed by atoms with E-state index in [0.29, 0.717) is 18.9 Å². The normalized spacial score (nSPS) is 10.5. The van der Waals surface area contributed by atoms with Crippen LogP contribution in [-0.2, 0) is 11.3 Å². The first kappa shape index (κ1) is 21.0. The zero-order valence-corrected chi connectivity index (χ0v) is 17.5. The molecule has 0 aliphatic heterocycles. The Hall–Kier alpha value is -3.68. The maximum Gasteiger partial charge on any atom is 0.407 e. The second kappa shape index (κ2) is 9.21. The molecule has 0 saturated carbocycles. The highest BCUT2D eigenvalue weighted by Crippen LogP contribution is 2.34. The van der Waals surface area contributed by atoms with Crippen LogP contribution in [-0.4, -0.2) is 35.7 Å². The first-order chi connectivity index (χ1) is 14.4. The Labute approximate surface area is 175 Å². The molecule has 0 saturated heterocycles. The zero-order chi connectivity index (χ0) is 21.7. The minimum Gasteiger partial charge on any atom is -0.453 e. The Bertz CT molecular complexity index is 1100. The van der Waals surface area contributed by atoms with E-state index >= 15 is 0 Å². The predicted molar refractivity (Wildman–Crippen MR) is 116 cm³/mol. The molecule has 0 aliphatic carbocycles. The summed E-state index contributed by atoms with van der Waals surface area (Å²) in [5.74, 6) is 0.441. The molecule has 1 aromatic carbocycles. The minimum atomic E-state index is -0.504. The van der Waals surface area contributed by atoms with Gasteiger partial charge in [-0.25, -0.2) is 14.6 Å². The van der Waals surface area contributed by atoms with Crippen LogP contribution in [0.5, 0.6) is 0 Å². The number of rotatable bonds is 5. The molecule has 0 spiro atoms. The number of alkyl carbamates (subject to hydrolysis) is 1. The lowest BCUT2D eigenvalue weighted by molar-refractivity contribution is 0.170. The first-order valence-electron chi connectivity index (χ1n) is 9.64. The number of methoxy groups -OCH3 is 1. The summed E-state index contributed by atoms with van der Waals surface area (Å²) >= 11 is 0. The fourth-order valence-electron chi connectivity index (χ4n) is 3.23. The van der Waals surface area contributed by atoms with Crippen LogP contribution in [0.2, 0.25) is 0 Å². The summed E-state index contributed by atoms with van der Waals surface area (Å²) in [7, 11) is 1.33. The van der Waals surface area contributed by atoms with E-state index in [-0.39, 0.29) is 6.03 Å². The smallest absolute Gasteiger partial charge is 0.407 e. The molecular formula is C22H25N5O3. The van der Waals surface area contributed by atoms with Gasteiger partial charge < -0.3 is 15.4 Å². The van der Waals surface area contributed by atoms with Crippen molar-refractivity contribution in [3.8, 4) is 11.1 Å². The number of anilines is 1. The average molecular weight is 407 g/mol. The number of ether oxygens (including phenoxy) is 1. The van der Waals surface area contributed by atoms with Gasteiger partial charge in [0.1, 0.15) is 5.82 Å². The third-order valence-corrected chi connectivity index (χ3v) is 4.71. The molecule has 0 fully saturated rings. The molecule has 3 N–H and O–H groups in total.